The van der Waals surface area contributed by atoms with Crippen molar-refractivity contribution in [3.63, 3.8) is 0 Å². The van der Waals surface area contributed by atoms with Crippen LogP contribution in [0.4, 0.5) is 0 Å². The fourth-order valence-electron chi connectivity index (χ4n) is 3.46. The molecule has 0 aliphatic rings. The van der Waals surface area contributed by atoms with Crippen molar-refractivity contribution in [3.8, 4) is 0 Å². The lowest BCUT2D eigenvalue weighted by molar-refractivity contribution is -0.144. The van der Waals surface area contributed by atoms with Crippen LogP contribution in [0.15, 0.2) is 30.3 Å². The number of nitrogens with two attached hydrogens (primary N) is 3. The van der Waals surface area contributed by atoms with Gasteiger partial charge in [0.05, 0.1) is 12.5 Å². The van der Waals surface area contributed by atoms with Gasteiger partial charge in [0, 0.05) is 12.8 Å². The van der Waals surface area contributed by atoms with Gasteiger partial charge in [0.2, 0.25) is 23.6 Å². The van der Waals surface area contributed by atoms with Crippen molar-refractivity contribution < 1.29 is 39.0 Å². The van der Waals surface area contributed by atoms with Crippen LogP contribution >= 0.6 is 0 Å². The standard InChI is InChI=1S/C24H36N6O8/c25-11-5-4-8-16(22(35)30-18(24(37)38)13-19(27)31)28-23(36)17(12-14-6-2-1-3-7-14)29-21(34)15(26)9-10-20(32)33/h1-3,6-7,15-18H,4-5,8-13,25-26H2,(H2,27,31)(H,28,36)(H,29,34)(H,30,35)(H,32,33)(H,37,38). The van der Waals surface area contributed by atoms with Gasteiger partial charge in [-0.15, -0.1) is 0 Å². The lowest BCUT2D eigenvalue weighted by Gasteiger charge is -2.25. The highest BCUT2D eigenvalue weighted by atomic mass is 16.4. The van der Waals surface area contributed by atoms with Gasteiger partial charge < -0.3 is 43.4 Å². The minimum Gasteiger partial charge on any atom is -0.481 e. The number of rotatable bonds is 18. The number of amides is 4. The van der Waals surface area contributed by atoms with Crippen LogP contribution in [0.1, 0.15) is 44.1 Å². The molecule has 0 aromatic heterocycles. The number of carbonyl (C=O) groups is 6. The van der Waals surface area contributed by atoms with E-state index in [-0.39, 0.29) is 25.7 Å². The van der Waals surface area contributed by atoms with Gasteiger partial charge in [0.15, 0.2) is 0 Å². The minimum absolute atomic E-state index is 0.0284. The Balaban J connectivity index is 3.10. The van der Waals surface area contributed by atoms with Crippen molar-refractivity contribution in [1.82, 2.24) is 16.0 Å². The second-order valence-corrected chi connectivity index (χ2v) is 8.71. The first-order chi connectivity index (χ1) is 17.9. The Kier molecular flexibility index (Phi) is 14.0. The molecule has 4 amide bonds. The highest BCUT2D eigenvalue weighted by molar-refractivity contribution is 5.95. The highest BCUT2D eigenvalue weighted by Gasteiger charge is 2.31. The third-order valence-electron chi connectivity index (χ3n) is 5.52. The summed E-state index contributed by atoms with van der Waals surface area (Å²) in [7, 11) is 0. The molecular weight excluding hydrogens is 500 g/mol. The van der Waals surface area contributed by atoms with Crippen LogP contribution in [0, 0.1) is 0 Å². The molecule has 210 valence electrons. The van der Waals surface area contributed by atoms with E-state index in [1.807, 2.05) is 0 Å². The topological polar surface area (TPSA) is 257 Å². The van der Waals surface area contributed by atoms with Crippen LogP contribution in [0.3, 0.4) is 0 Å². The number of carbonyl (C=O) groups excluding carboxylic acids is 4. The summed E-state index contributed by atoms with van der Waals surface area (Å²) >= 11 is 0. The Morgan fingerprint density at radius 1 is 0.789 bits per heavy atom. The molecule has 14 heteroatoms. The van der Waals surface area contributed by atoms with E-state index in [1.54, 1.807) is 30.3 Å². The monoisotopic (exact) mass is 536 g/mol. The highest BCUT2D eigenvalue weighted by Crippen LogP contribution is 2.08. The van der Waals surface area contributed by atoms with Crippen LogP contribution in [0.25, 0.3) is 0 Å². The summed E-state index contributed by atoms with van der Waals surface area (Å²) in [6.07, 6.45) is -0.0804. The smallest absolute Gasteiger partial charge is 0.326 e. The molecule has 11 N–H and O–H groups in total. The van der Waals surface area contributed by atoms with Crippen molar-refractivity contribution in [1.29, 1.82) is 0 Å². The van der Waals surface area contributed by atoms with E-state index in [2.05, 4.69) is 16.0 Å². The van der Waals surface area contributed by atoms with Crippen molar-refractivity contribution in [2.24, 2.45) is 17.2 Å². The Labute approximate surface area is 219 Å². The van der Waals surface area contributed by atoms with Gasteiger partial charge in [0.25, 0.3) is 0 Å². The van der Waals surface area contributed by atoms with E-state index >= 15 is 0 Å². The second-order valence-electron chi connectivity index (χ2n) is 8.71. The van der Waals surface area contributed by atoms with E-state index in [1.165, 1.54) is 0 Å². The molecule has 0 aliphatic heterocycles. The molecule has 1 aromatic rings. The zero-order chi connectivity index (χ0) is 28.7. The molecule has 1 aromatic carbocycles. The fourth-order valence-corrected chi connectivity index (χ4v) is 3.46. The summed E-state index contributed by atoms with van der Waals surface area (Å²) in [5.74, 6) is -5.90. The van der Waals surface area contributed by atoms with Gasteiger partial charge in [-0.3, -0.25) is 24.0 Å². The quantitative estimate of drug-likeness (QED) is 0.0953. The van der Waals surface area contributed by atoms with Gasteiger partial charge in [0.1, 0.15) is 18.1 Å². The van der Waals surface area contributed by atoms with Gasteiger partial charge in [-0.05, 0) is 37.8 Å². The third kappa shape index (κ3) is 12.3. The first-order valence-corrected chi connectivity index (χ1v) is 12.1. The summed E-state index contributed by atoms with van der Waals surface area (Å²) in [5.41, 5.74) is 17.0. The van der Waals surface area contributed by atoms with E-state index in [0.29, 0.717) is 24.9 Å². The number of carboxylic acids is 2. The normalized spacial score (nSPS) is 13.8. The summed E-state index contributed by atoms with van der Waals surface area (Å²) in [6, 6.07) is 3.50. The molecule has 4 unspecified atom stereocenters. The molecule has 0 spiro atoms. The molecule has 0 heterocycles. The Bertz CT molecular complexity index is 974. The summed E-state index contributed by atoms with van der Waals surface area (Å²) in [4.78, 5) is 72.2. The first kappa shape index (κ1) is 32.0. The number of primary amides is 1. The van der Waals surface area contributed by atoms with Gasteiger partial charge in [-0.25, -0.2) is 4.79 Å². The van der Waals surface area contributed by atoms with Crippen molar-refractivity contribution in [2.45, 2.75) is 69.1 Å². The van der Waals surface area contributed by atoms with Crippen LogP contribution in [-0.2, 0) is 35.2 Å². The number of hydrogen-bond donors (Lipinski definition) is 8. The van der Waals surface area contributed by atoms with E-state index in [4.69, 9.17) is 22.3 Å². The van der Waals surface area contributed by atoms with E-state index < -0.39 is 66.2 Å². The molecule has 0 radical (unpaired) electrons. The van der Waals surface area contributed by atoms with Crippen molar-refractivity contribution in [3.05, 3.63) is 35.9 Å². The molecule has 0 fully saturated rings. The lowest BCUT2D eigenvalue weighted by Crippen LogP contribution is -2.57. The van der Waals surface area contributed by atoms with Crippen LogP contribution in [-0.4, -0.2) is 76.5 Å². The molecular formula is C24H36N6O8. The minimum atomic E-state index is -1.60. The van der Waals surface area contributed by atoms with Gasteiger partial charge >= 0.3 is 11.9 Å². The second kappa shape index (κ2) is 16.7. The number of carboxylic acid groups (broad SMARTS) is 2. The van der Waals surface area contributed by atoms with Crippen LogP contribution < -0.4 is 33.2 Å². The maximum Gasteiger partial charge on any atom is 0.326 e. The van der Waals surface area contributed by atoms with E-state index in [0.717, 1.165) is 0 Å². The molecule has 4 atom stereocenters. The summed E-state index contributed by atoms with van der Waals surface area (Å²) in [6.45, 7) is 0.322. The third-order valence-corrected chi connectivity index (χ3v) is 5.52. The fraction of sp³-hybridized carbons (Fsp3) is 0.500. The average Bonchev–Trinajstić information content (AvgIpc) is 2.85. The number of hydrogen-bond acceptors (Lipinski definition) is 8. The predicted octanol–water partition coefficient (Wildman–Crippen LogP) is -2.04. The zero-order valence-corrected chi connectivity index (χ0v) is 20.9. The van der Waals surface area contributed by atoms with Crippen molar-refractivity contribution in [2.75, 3.05) is 6.54 Å². The molecule has 14 nitrogen and oxygen atoms in total. The summed E-state index contributed by atoms with van der Waals surface area (Å²) in [5, 5.41) is 25.4. The van der Waals surface area contributed by atoms with E-state index in [9.17, 15) is 33.9 Å². The first-order valence-electron chi connectivity index (χ1n) is 12.1. The molecule has 0 saturated heterocycles. The Morgan fingerprint density at radius 2 is 1.37 bits per heavy atom. The predicted molar refractivity (Wildman–Crippen MR) is 135 cm³/mol. The molecule has 1 rings (SSSR count). The number of aliphatic carboxylic acids is 2. The maximum atomic E-state index is 13.3. The zero-order valence-electron chi connectivity index (χ0n) is 20.9. The Hall–Kier alpha value is -4.04. The van der Waals surface area contributed by atoms with Crippen LogP contribution in [0.5, 0.6) is 0 Å². The molecule has 0 aliphatic carbocycles. The summed E-state index contributed by atoms with van der Waals surface area (Å²) < 4.78 is 0. The van der Waals surface area contributed by atoms with Gasteiger partial charge in [-0.2, -0.15) is 0 Å². The molecule has 38 heavy (non-hydrogen) atoms. The van der Waals surface area contributed by atoms with Gasteiger partial charge in [-0.1, -0.05) is 30.3 Å². The van der Waals surface area contributed by atoms with Crippen molar-refractivity contribution >= 4 is 35.6 Å². The number of unbranched alkanes of at least 4 members (excludes halogenated alkanes) is 1. The molecule has 0 saturated carbocycles. The number of benzene rings is 1. The average molecular weight is 537 g/mol. The van der Waals surface area contributed by atoms with Crippen LogP contribution in [0.2, 0.25) is 0 Å². The SMILES string of the molecule is NCCCCC(NC(=O)C(Cc1ccccc1)NC(=O)C(N)CCC(=O)O)C(=O)NC(CC(N)=O)C(=O)O. The lowest BCUT2D eigenvalue weighted by atomic mass is 10.0. The number of nitrogens with one attached hydrogen (secondary N) is 3. The maximum absolute atomic E-state index is 13.3. The largest absolute Gasteiger partial charge is 0.481 e. The Morgan fingerprint density at radius 3 is 1.92 bits per heavy atom. The molecule has 0 bridgehead atoms.